The van der Waals surface area contributed by atoms with Crippen molar-refractivity contribution >= 4 is 28.6 Å². The number of azide groups is 1. The molecule has 1 aromatic carbocycles. The van der Waals surface area contributed by atoms with E-state index < -0.39 is 30.8 Å². The Bertz CT molecular complexity index is 548. The van der Waals surface area contributed by atoms with E-state index in [1.807, 2.05) is 6.07 Å². The third kappa shape index (κ3) is 5.84. The van der Waals surface area contributed by atoms with Gasteiger partial charge in [-0.2, -0.15) is 0 Å². The number of carbonyl (C=O) groups is 1. The lowest BCUT2D eigenvalue weighted by Crippen LogP contribution is -2.23. The Balaban J connectivity index is 2.85. The number of carbonyl (C=O) groups excluding carboxylic acids is 1. The van der Waals surface area contributed by atoms with Crippen molar-refractivity contribution in [3.8, 4) is 0 Å². The Morgan fingerprint density at radius 1 is 1.57 bits per heavy atom. The number of ether oxygens (including phenoxy) is 1. The largest absolute Gasteiger partial charge is 0.469 e. The van der Waals surface area contributed by atoms with Gasteiger partial charge < -0.3 is 4.74 Å². The van der Waals surface area contributed by atoms with Crippen LogP contribution in [-0.4, -0.2) is 25.5 Å². The molecule has 0 radical (unpaired) electrons. The van der Waals surface area contributed by atoms with Gasteiger partial charge in [0.2, 0.25) is 0 Å². The molecule has 0 heterocycles. The van der Waals surface area contributed by atoms with Gasteiger partial charge in [-0.05, 0) is 52.2 Å². The lowest BCUT2D eigenvalue weighted by molar-refractivity contribution is -0.143. The van der Waals surface area contributed by atoms with Crippen LogP contribution in [0.3, 0.4) is 0 Å². The van der Waals surface area contributed by atoms with Gasteiger partial charge in [0, 0.05) is 14.9 Å². The number of nitrogens with zero attached hydrogens (tertiary/aromatic N) is 3. The first kappa shape index (κ1) is 17.6. The third-order valence-electron chi connectivity index (χ3n) is 2.90. The molecule has 0 saturated heterocycles. The number of hydrogen-bond acceptors (Lipinski definition) is 3. The Kier molecular flexibility index (Phi) is 6.83. The summed E-state index contributed by atoms with van der Waals surface area (Å²) in [6.07, 6.45) is -0.641. The van der Waals surface area contributed by atoms with Crippen LogP contribution in [0.1, 0.15) is 24.3 Å². The van der Waals surface area contributed by atoms with Crippen LogP contribution in [0.25, 0.3) is 10.4 Å². The van der Waals surface area contributed by atoms with Gasteiger partial charge in [-0.15, -0.1) is 0 Å². The van der Waals surface area contributed by atoms with E-state index in [2.05, 4.69) is 37.4 Å². The molecular formula is C13H14F2IN3O2. The highest BCUT2D eigenvalue weighted by Crippen LogP contribution is 2.30. The van der Waals surface area contributed by atoms with Crippen molar-refractivity contribution in [2.45, 2.75) is 24.7 Å². The molecule has 0 aliphatic carbocycles. The fraction of sp³-hybridized carbons (Fsp3) is 0.462. The molecule has 8 heteroatoms. The molecule has 114 valence electrons. The first-order valence-corrected chi connectivity index (χ1v) is 7.19. The Morgan fingerprint density at radius 2 is 2.29 bits per heavy atom. The molecule has 0 N–H and O–H groups in total. The van der Waals surface area contributed by atoms with E-state index >= 15 is 0 Å². The highest BCUT2D eigenvalue weighted by atomic mass is 127. The predicted molar refractivity (Wildman–Crippen MR) is 82.1 cm³/mol. The van der Waals surface area contributed by atoms with Crippen LogP contribution in [0.5, 0.6) is 0 Å². The number of alkyl halides is 2. The minimum absolute atomic E-state index is 0.0826. The van der Waals surface area contributed by atoms with Crippen LogP contribution >= 0.6 is 22.6 Å². The molecule has 1 atom stereocenters. The summed E-state index contributed by atoms with van der Waals surface area (Å²) in [4.78, 5) is 14.1. The van der Waals surface area contributed by atoms with Crippen LogP contribution in [0.15, 0.2) is 29.4 Å². The summed E-state index contributed by atoms with van der Waals surface area (Å²) in [5.41, 5.74) is 8.72. The molecule has 1 rings (SSSR count). The van der Waals surface area contributed by atoms with Gasteiger partial charge in [0.05, 0.1) is 19.6 Å². The second-order valence-electron chi connectivity index (χ2n) is 4.41. The maximum atomic E-state index is 13.5. The fourth-order valence-electron chi connectivity index (χ4n) is 1.86. The zero-order valence-electron chi connectivity index (χ0n) is 11.3. The first-order chi connectivity index (χ1) is 9.89. The van der Waals surface area contributed by atoms with Crippen LogP contribution in [0.2, 0.25) is 0 Å². The van der Waals surface area contributed by atoms with Gasteiger partial charge in [-0.1, -0.05) is 17.2 Å². The van der Waals surface area contributed by atoms with E-state index in [9.17, 15) is 13.6 Å². The van der Waals surface area contributed by atoms with Crippen molar-refractivity contribution in [3.05, 3.63) is 43.8 Å². The van der Waals surface area contributed by atoms with Crippen molar-refractivity contribution in [1.29, 1.82) is 0 Å². The smallest absolute Gasteiger partial charge is 0.313 e. The Morgan fingerprint density at radius 3 is 2.86 bits per heavy atom. The molecule has 0 bridgehead atoms. The van der Waals surface area contributed by atoms with Gasteiger partial charge in [-0.25, -0.2) is 8.78 Å². The summed E-state index contributed by atoms with van der Waals surface area (Å²) in [5, 5.41) is 2.89. The highest BCUT2D eigenvalue weighted by Gasteiger charge is 2.31. The standard InChI is InChI=1S/C13H14F2IN3O2/c1-21-12(20)11(9-3-2-4-10(16)7-9)5-6-13(14,15)8-18-19-17/h2-4,7,11H,5-6,8H2,1H3. The Hall–Kier alpha value is -1.41. The summed E-state index contributed by atoms with van der Waals surface area (Å²) >= 11 is 2.08. The van der Waals surface area contributed by atoms with Crippen molar-refractivity contribution in [3.63, 3.8) is 0 Å². The zero-order valence-corrected chi connectivity index (χ0v) is 13.5. The SMILES string of the molecule is COC(=O)C(CCC(F)(F)CN=[N+]=[N-])c1cccc(I)c1. The van der Waals surface area contributed by atoms with Gasteiger partial charge in [0.25, 0.3) is 5.92 Å². The average Bonchev–Trinajstić information content (AvgIpc) is 2.45. The second kappa shape index (κ2) is 8.14. The molecule has 21 heavy (non-hydrogen) atoms. The monoisotopic (exact) mass is 409 g/mol. The van der Waals surface area contributed by atoms with Crippen molar-refractivity contribution < 1.29 is 18.3 Å². The van der Waals surface area contributed by atoms with E-state index in [1.54, 1.807) is 18.2 Å². The molecular weight excluding hydrogens is 395 g/mol. The molecule has 0 fully saturated rings. The minimum atomic E-state index is -3.14. The third-order valence-corrected chi connectivity index (χ3v) is 3.57. The quantitative estimate of drug-likeness (QED) is 0.222. The fourth-order valence-corrected chi connectivity index (χ4v) is 2.42. The van der Waals surface area contributed by atoms with E-state index in [0.29, 0.717) is 5.56 Å². The first-order valence-electron chi connectivity index (χ1n) is 6.11. The lowest BCUT2D eigenvalue weighted by atomic mass is 9.93. The number of halogens is 3. The number of benzene rings is 1. The number of methoxy groups -OCH3 is 1. The van der Waals surface area contributed by atoms with Crippen molar-refractivity contribution in [1.82, 2.24) is 0 Å². The Labute approximate surface area is 134 Å². The molecule has 0 aliphatic rings. The summed E-state index contributed by atoms with van der Waals surface area (Å²) in [7, 11) is 1.22. The zero-order chi connectivity index (χ0) is 15.9. The minimum Gasteiger partial charge on any atom is -0.469 e. The maximum Gasteiger partial charge on any atom is 0.313 e. The van der Waals surface area contributed by atoms with Gasteiger partial charge in [0.15, 0.2) is 0 Å². The van der Waals surface area contributed by atoms with Crippen molar-refractivity contribution in [2.75, 3.05) is 13.7 Å². The molecule has 0 aliphatic heterocycles. The molecule has 0 amide bonds. The topological polar surface area (TPSA) is 75.1 Å². The van der Waals surface area contributed by atoms with Crippen LogP contribution in [-0.2, 0) is 9.53 Å². The van der Waals surface area contributed by atoms with E-state index in [0.717, 1.165) is 3.57 Å². The van der Waals surface area contributed by atoms with Crippen LogP contribution < -0.4 is 0 Å². The second-order valence-corrected chi connectivity index (χ2v) is 5.66. The summed E-state index contributed by atoms with van der Waals surface area (Å²) in [6, 6.07) is 7.06. The average molecular weight is 409 g/mol. The molecule has 1 unspecified atom stereocenters. The molecule has 0 spiro atoms. The molecule has 5 nitrogen and oxygen atoms in total. The predicted octanol–water partition coefficient (Wildman–Crippen LogP) is 4.27. The number of esters is 1. The van der Waals surface area contributed by atoms with E-state index in [4.69, 9.17) is 5.53 Å². The molecule has 0 aromatic heterocycles. The molecule has 0 saturated carbocycles. The number of hydrogen-bond donors (Lipinski definition) is 0. The van der Waals surface area contributed by atoms with Crippen LogP contribution in [0, 0.1) is 3.57 Å². The van der Waals surface area contributed by atoms with Gasteiger partial charge >= 0.3 is 5.97 Å². The van der Waals surface area contributed by atoms with Gasteiger partial charge in [0.1, 0.15) is 0 Å². The van der Waals surface area contributed by atoms with E-state index in [-0.39, 0.29) is 6.42 Å². The summed E-state index contributed by atoms with van der Waals surface area (Å²) in [6.45, 7) is -0.913. The summed E-state index contributed by atoms with van der Waals surface area (Å²) < 4.78 is 32.6. The van der Waals surface area contributed by atoms with Crippen LogP contribution in [0.4, 0.5) is 8.78 Å². The maximum absolute atomic E-state index is 13.5. The van der Waals surface area contributed by atoms with Gasteiger partial charge in [-0.3, -0.25) is 4.79 Å². The number of rotatable bonds is 7. The lowest BCUT2D eigenvalue weighted by Gasteiger charge is -2.19. The normalized spacial score (nSPS) is 12.4. The van der Waals surface area contributed by atoms with Crippen molar-refractivity contribution in [2.24, 2.45) is 5.11 Å². The van der Waals surface area contributed by atoms with E-state index in [1.165, 1.54) is 7.11 Å². The molecule has 1 aromatic rings. The highest BCUT2D eigenvalue weighted by molar-refractivity contribution is 14.1. The summed E-state index contributed by atoms with van der Waals surface area (Å²) in [5.74, 6) is -4.46.